The molecule has 0 saturated heterocycles. The zero-order valence-corrected chi connectivity index (χ0v) is 39.6. The van der Waals surface area contributed by atoms with E-state index in [-0.39, 0.29) is 0 Å². The van der Waals surface area contributed by atoms with Crippen molar-refractivity contribution < 1.29 is 0 Å². The Morgan fingerprint density at radius 1 is 0.586 bits per heavy atom. The fourth-order valence-electron chi connectivity index (χ4n) is 13.9. The van der Waals surface area contributed by atoms with E-state index in [4.69, 9.17) is 9.97 Å². The van der Waals surface area contributed by atoms with Crippen LogP contribution < -0.4 is 0 Å². The lowest BCUT2D eigenvalue weighted by Gasteiger charge is -2.51. The van der Waals surface area contributed by atoms with Gasteiger partial charge in [-0.25, -0.2) is 9.97 Å². The zero-order chi connectivity index (χ0) is 46.6. The monoisotopic (exact) mass is 900 g/mol. The highest BCUT2D eigenvalue weighted by Crippen LogP contribution is 2.69. The Morgan fingerprint density at radius 2 is 1.23 bits per heavy atom. The maximum absolute atomic E-state index is 5.55. The first-order valence-electron chi connectivity index (χ1n) is 25.3. The van der Waals surface area contributed by atoms with Gasteiger partial charge in [0.2, 0.25) is 5.95 Å². The molecule has 0 aliphatic heterocycles. The normalized spacial score (nSPS) is 20.6. The minimum absolute atomic E-state index is 0.490. The summed E-state index contributed by atoms with van der Waals surface area (Å²) in [6.07, 6.45) is 22.4. The molecule has 2 unspecified atom stereocenters. The van der Waals surface area contributed by atoms with Crippen LogP contribution in [0, 0.1) is 0 Å². The first-order valence-corrected chi connectivity index (χ1v) is 25.3. The van der Waals surface area contributed by atoms with Crippen molar-refractivity contribution >= 4 is 28.8 Å². The van der Waals surface area contributed by atoms with E-state index in [0.29, 0.717) is 0 Å². The largest absolute Gasteiger partial charge is 0.282 e. The van der Waals surface area contributed by atoms with E-state index < -0.39 is 10.8 Å². The molecule has 2 atom stereocenters. The zero-order valence-electron chi connectivity index (χ0n) is 39.6. The van der Waals surface area contributed by atoms with Gasteiger partial charge in [0.1, 0.15) is 0 Å². The summed E-state index contributed by atoms with van der Waals surface area (Å²) in [5.74, 6) is 0.722. The van der Waals surface area contributed by atoms with Gasteiger partial charge in [-0.15, -0.1) is 0 Å². The Morgan fingerprint density at radius 3 is 1.96 bits per heavy atom. The van der Waals surface area contributed by atoms with Gasteiger partial charge >= 0.3 is 0 Å². The van der Waals surface area contributed by atoms with Crippen LogP contribution in [0.2, 0.25) is 0 Å². The summed E-state index contributed by atoms with van der Waals surface area (Å²) in [5, 5.41) is 1.29. The van der Waals surface area contributed by atoms with Gasteiger partial charge in [-0.05, 0) is 167 Å². The Hall–Kier alpha value is -7.95. The number of nitrogens with zero attached hydrogens (tertiary/aromatic N) is 4. The van der Waals surface area contributed by atoms with Crippen molar-refractivity contribution in [2.45, 2.75) is 69.1 Å². The van der Waals surface area contributed by atoms with E-state index in [0.717, 1.165) is 73.4 Å². The molecule has 0 fully saturated rings. The van der Waals surface area contributed by atoms with Crippen LogP contribution in [-0.4, -0.2) is 21.3 Å². The fourth-order valence-corrected chi connectivity index (χ4v) is 13.9. The molecule has 0 N–H and O–H groups in total. The van der Waals surface area contributed by atoms with Crippen molar-refractivity contribution in [2.75, 3.05) is 0 Å². The predicted molar refractivity (Wildman–Crippen MR) is 288 cm³/mol. The smallest absolute Gasteiger partial charge is 0.235 e. The van der Waals surface area contributed by atoms with Gasteiger partial charge in [0.25, 0.3) is 0 Å². The Balaban J connectivity index is 1.12. The van der Waals surface area contributed by atoms with Gasteiger partial charge in [0.15, 0.2) is 0 Å². The average molecular weight is 901 g/mol. The van der Waals surface area contributed by atoms with Crippen molar-refractivity contribution in [3.05, 3.63) is 255 Å². The molecule has 2 spiro atoms. The molecule has 0 amide bonds. The lowest BCUT2D eigenvalue weighted by molar-refractivity contribution is 0.587. The van der Waals surface area contributed by atoms with Crippen molar-refractivity contribution in [3.63, 3.8) is 0 Å². The van der Waals surface area contributed by atoms with E-state index in [2.05, 4.69) is 205 Å². The van der Waals surface area contributed by atoms with Gasteiger partial charge in [0, 0.05) is 34.0 Å². The second kappa shape index (κ2) is 15.8. The summed E-state index contributed by atoms with van der Waals surface area (Å²) in [7, 11) is 0. The van der Waals surface area contributed by atoms with E-state index >= 15 is 0 Å². The molecular weight excluding hydrogens is 849 g/mol. The molecule has 2 heterocycles. The van der Waals surface area contributed by atoms with Crippen molar-refractivity contribution in [2.24, 2.45) is 4.99 Å². The molecule has 8 aromatic rings. The van der Waals surface area contributed by atoms with Crippen LogP contribution in [0.25, 0.3) is 61.6 Å². The quantitative estimate of drug-likeness (QED) is 0.162. The molecule has 336 valence electrons. The van der Waals surface area contributed by atoms with Crippen LogP contribution in [0.3, 0.4) is 0 Å². The second-order valence-electron chi connectivity index (χ2n) is 19.9. The number of fused-ring (bicyclic) bond motifs is 16. The number of aromatic nitrogens is 3. The topological polar surface area (TPSA) is 43.1 Å². The minimum atomic E-state index is -0.572. The summed E-state index contributed by atoms with van der Waals surface area (Å²) in [6, 6.07) is 56.5. The van der Waals surface area contributed by atoms with Gasteiger partial charge in [0.05, 0.1) is 27.7 Å². The van der Waals surface area contributed by atoms with Gasteiger partial charge in [-0.2, -0.15) is 0 Å². The molecule has 4 nitrogen and oxygen atoms in total. The number of allylic oxidation sites excluding steroid dienone is 11. The van der Waals surface area contributed by atoms with E-state index in [1.54, 1.807) is 0 Å². The molecule has 2 aromatic heterocycles. The number of benzene rings is 6. The molecule has 0 radical (unpaired) electrons. The predicted octanol–water partition coefficient (Wildman–Crippen LogP) is 15.8. The highest BCUT2D eigenvalue weighted by Gasteiger charge is 2.59. The Labute approximate surface area is 410 Å². The van der Waals surface area contributed by atoms with Crippen LogP contribution in [0.4, 0.5) is 0 Å². The van der Waals surface area contributed by atoms with Crippen LogP contribution in [0.5, 0.6) is 0 Å². The molecule has 0 saturated carbocycles. The van der Waals surface area contributed by atoms with Crippen molar-refractivity contribution in [3.8, 4) is 39.6 Å². The van der Waals surface area contributed by atoms with Crippen LogP contribution in [0.1, 0.15) is 96.5 Å². The number of rotatable bonds is 5. The first kappa shape index (κ1) is 41.1. The van der Waals surface area contributed by atoms with Crippen molar-refractivity contribution in [1.29, 1.82) is 0 Å². The van der Waals surface area contributed by atoms with Gasteiger partial charge in [-0.1, -0.05) is 158 Å². The highest BCUT2D eigenvalue weighted by atomic mass is 15.2. The Bertz CT molecular complexity index is 3680. The standard InChI is InChI=1S/C66H52N4/c1-42-46-26-13-15-29-52(46)65(51(42)37-38-67-2)54-31-17-19-33-56(54)66(57-34-20-18-32-55(57)65)53-30-16-14-28-48(53)49-40-62-50(39-58(49)66)63-47-27-12-4-3-7-21-43(47)35-36-61(63)70(62)64-68-59(44-22-8-5-9-23-44)41-60(69-64)45-24-10-6-11-25-45/h5-11,13-17,19-26,28-31,33-34,37-41H,2-4,12,18,27,32,35-36H2,1H3/b21-7?,38-37-. The van der Waals surface area contributed by atoms with Crippen LogP contribution >= 0.6 is 0 Å². The third-order valence-electron chi connectivity index (χ3n) is 16.6. The summed E-state index contributed by atoms with van der Waals surface area (Å²) in [4.78, 5) is 15.4. The number of hydrogen-bond donors (Lipinski definition) is 0. The maximum Gasteiger partial charge on any atom is 0.235 e. The summed E-state index contributed by atoms with van der Waals surface area (Å²) in [5.41, 5.74) is 25.9. The van der Waals surface area contributed by atoms with Crippen LogP contribution in [0.15, 0.2) is 216 Å². The molecule has 6 aliphatic carbocycles. The molecule has 4 heteroatoms. The van der Waals surface area contributed by atoms with Crippen LogP contribution in [-0.2, 0) is 17.3 Å². The summed E-state index contributed by atoms with van der Waals surface area (Å²) < 4.78 is 2.47. The second-order valence-corrected chi connectivity index (χ2v) is 19.9. The number of aliphatic imine (C=N–C) groups is 1. The third kappa shape index (κ3) is 5.56. The Kier molecular flexibility index (Phi) is 9.27. The molecule has 6 aliphatic rings. The summed E-state index contributed by atoms with van der Waals surface area (Å²) in [6.45, 7) is 6.22. The molecular formula is C66H52N4. The fraction of sp³-hybridized carbons (Fsp3) is 0.167. The lowest BCUT2D eigenvalue weighted by Crippen LogP contribution is -2.44. The SMILES string of the molecule is C=N/C=C\C1=C(C)c2ccccc2C12C1=C(C=CCC1)C1(c3ccccc3-c3cc4c(cc31)c1c(n4-c3nc(-c4ccccc4)cc(-c4ccccc4)n3)CCC3=C1CCCCC=C3)c1ccccc12. The molecule has 6 aromatic carbocycles. The third-order valence-corrected chi connectivity index (χ3v) is 16.6. The van der Waals surface area contributed by atoms with E-state index in [1.807, 2.05) is 6.20 Å². The van der Waals surface area contributed by atoms with E-state index in [9.17, 15) is 0 Å². The maximum atomic E-state index is 5.55. The average Bonchev–Trinajstić information content (AvgIpc) is 3.98. The first-order chi connectivity index (χ1) is 34.6. The summed E-state index contributed by atoms with van der Waals surface area (Å²) >= 11 is 0. The molecule has 14 rings (SSSR count). The molecule has 70 heavy (non-hydrogen) atoms. The molecule has 0 bridgehead atoms. The minimum Gasteiger partial charge on any atom is -0.282 e. The van der Waals surface area contributed by atoms with Gasteiger partial charge in [-0.3, -0.25) is 9.56 Å². The highest BCUT2D eigenvalue weighted by molar-refractivity contribution is 6.04. The number of hydrogen-bond acceptors (Lipinski definition) is 3. The lowest BCUT2D eigenvalue weighted by atomic mass is 9.50. The van der Waals surface area contributed by atoms with E-state index in [1.165, 1.54) is 107 Å². The van der Waals surface area contributed by atoms with Crippen molar-refractivity contribution in [1.82, 2.24) is 14.5 Å². The van der Waals surface area contributed by atoms with Gasteiger partial charge < -0.3 is 0 Å².